The maximum atomic E-state index is 13.8. The molecule has 3 nitrogen and oxygen atoms in total. The Labute approximate surface area is 146 Å². The third-order valence-corrected chi connectivity index (χ3v) is 3.49. The van der Waals surface area contributed by atoms with Crippen LogP contribution in [0.2, 0.25) is 5.02 Å². The van der Waals surface area contributed by atoms with Crippen LogP contribution in [0.3, 0.4) is 0 Å². The van der Waals surface area contributed by atoms with Gasteiger partial charge in [-0.05, 0) is 25.5 Å². The molecule has 21 heavy (non-hydrogen) atoms. The molecule has 0 amide bonds. The Bertz CT molecular complexity index is 536. The van der Waals surface area contributed by atoms with Crippen LogP contribution in [0.5, 0.6) is 0 Å². The van der Waals surface area contributed by atoms with Crippen molar-refractivity contribution in [2.24, 2.45) is 4.99 Å². The van der Waals surface area contributed by atoms with E-state index in [1.54, 1.807) is 12.1 Å². The van der Waals surface area contributed by atoms with Gasteiger partial charge in [0.1, 0.15) is 12.4 Å². The maximum absolute atomic E-state index is 13.8. The van der Waals surface area contributed by atoms with Crippen molar-refractivity contribution in [2.45, 2.75) is 25.3 Å². The summed E-state index contributed by atoms with van der Waals surface area (Å²) in [5.74, 6) is 2.95. The number of guanidine groups is 1. The Morgan fingerprint density at radius 3 is 2.95 bits per heavy atom. The van der Waals surface area contributed by atoms with E-state index in [4.69, 9.17) is 18.0 Å². The summed E-state index contributed by atoms with van der Waals surface area (Å²) in [5, 5.41) is 6.83. The summed E-state index contributed by atoms with van der Waals surface area (Å²) in [6, 6.07) is 4.91. The van der Waals surface area contributed by atoms with Crippen molar-refractivity contribution in [2.75, 3.05) is 13.1 Å². The molecule has 1 aliphatic rings. The van der Waals surface area contributed by atoms with Crippen molar-refractivity contribution < 1.29 is 4.39 Å². The number of benzene rings is 1. The fraction of sp³-hybridized carbons (Fsp3) is 0.400. The molecule has 1 aromatic rings. The van der Waals surface area contributed by atoms with E-state index in [-0.39, 0.29) is 41.8 Å². The molecule has 2 unspecified atom stereocenters. The van der Waals surface area contributed by atoms with E-state index >= 15 is 0 Å². The number of hydrogen-bond donors (Lipinski definition) is 2. The molecule has 0 bridgehead atoms. The molecule has 0 heterocycles. The van der Waals surface area contributed by atoms with E-state index in [0.717, 1.165) is 13.0 Å². The lowest BCUT2D eigenvalue weighted by Crippen LogP contribution is -2.39. The highest BCUT2D eigenvalue weighted by atomic mass is 127. The van der Waals surface area contributed by atoms with Gasteiger partial charge in [-0.1, -0.05) is 23.6 Å². The molecule has 2 rings (SSSR count). The van der Waals surface area contributed by atoms with Crippen LogP contribution in [-0.4, -0.2) is 25.1 Å². The molecule has 114 valence electrons. The summed E-state index contributed by atoms with van der Waals surface area (Å²) in [4.78, 5) is 4.22. The van der Waals surface area contributed by atoms with Crippen LogP contribution in [0.1, 0.15) is 24.8 Å². The highest BCUT2D eigenvalue weighted by Gasteiger charge is 2.41. The van der Waals surface area contributed by atoms with Gasteiger partial charge in [0.05, 0.1) is 0 Å². The van der Waals surface area contributed by atoms with Gasteiger partial charge in [-0.25, -0.2) is 9.38 Å². The Morgan fingerprint density at radius 1 is 1.57 bits per heavy atom. The minimum Gasteiger partial charge on any atom is -0.357 e. The van der Waals surface area contributed by atoms with Crippen LogP contribution in [0.15, 0.2) is 23.2 Å². The number of nitrogens with zero attached hydrogens (tertiary/aromatic N) is 1. The fourth-order valence-electron chi connectivity index (χ4n) is 2.16. The zero-order chi connectivity index (χ0) is 14.5. The average Bonchev–Trinajstić information content (AvgIpc) is 3.15. The van der Waals surface area contributed by atoms with Crippen molar-refractivity contribution in [3.63, 3.8) is 0 Å². The van der Waals surface area contributed by atoms with Gasteiger partial charge in [-0.2, -0.15) is 0 Å². The van der Waals surface area contributed by atoms with Gasteiger partial charge in [-0.3, -0.25) is 0 Å². The lowest BCUT2D eigenvalue weighted by atomic mass is 10.1. The third-order valence-electron chi connectivity index (χ3n) is 3.16. The predicted molar refractivity (Wildman–Crippen MR) is 95.9 cm³/mol. The lowest BCUT2D eigenvalue weighted by Gasteiger charge is -2.11. The highest BCUT2D eigenvalue weighted by Crippen LogP contribution is 2.44. The van der Waals surface area contributed by atoms with Crippen LogP contribution in [0.4, 0.5) is 4.39 Å². The molecule has 0 radical (unpaired) electrons. The largest absolute Gasteiger partial charge is 0.357 e. The van der Waals surface area contributed by atoms with Crippen LogP contribution in [0.25, 0.3) is 0 Å². The highest BCUT2D eigenvalue weighted by molar-refractivity contribution is 14.0. The zero-order valence-electron chi connectivity index (χ0n) is 11.7. The molecular weight excluding hydrogens is 404 g/mol. The van der Waals surface area contributed by atoms with Crippen LogP contribution in [-0.2, 0) is 0 Å². The first kappa shape index (κ1) is 18.1. The lowest BCUT2D eigenvalue weighted by molar-refractivity contribution is 0.608. The Balaban J connectivity index is 0.00000220. The SMILES string of the molecule is C#CCN=C(NCC)NC1CC1c1c(F)cccc1Cl.I. The normalized spacial score (nSPS) is 20.2. The summed E-state index contributed by atoms with van der Waals surface area (Å²) >= 11 is 6.07. The number of rotatable bonds is 4. The molecule has 6 heteroatoms. The average molecular weight is 422 g/mol. The second kappa shape index (κ2) is 8.44. The minimum atomic E-state index is -0.252. The van der Waals surface area contributed by atoms with Gasteiger partial charge < -0.3 is 10.6 Å². The number of aliphatic imine (C=N–C) groups is 1. The molecule has 2 N–H and O–H groups in total. The van der Waals surface area contributed by atoms with Crippen molar-refractivity contribution >= 4 is 41.5 Å². The summed E-state index contributed by atoms with van der Waals surface area (Å²) in [6.45, 7) is 3.03. The van der Waals surface area contributed by atoms with Crippen molar-refractivity contribution in [3.05, 3.63) is 34.6 Å². The van der Waals surface area contributed by atoms with Gasteiger partial charge >= 0.3 is 0 Å². The van der Waals surface area contributed by atoms with Crippen LogP contribution < -0.4 is 10.6 Å². The smallest absolute Gasteiger partial charge is 0.192 e. The topological polar surface area (TPSA) is 36.4 Å². The molecule has 1 aliphatic carbocycles. The second-order valence-corrected chi connectivity index (χ2v) is 5.03. The number of hydrogen-bond acceptors (Lipinski definition) is 1. The monoisotopic (exact) mass is 421 g/mol. The first-order valence-electron chi connectivity index (χ1n) is 6.59. The van der Waals surface area contributed by atoms with Crippen molar-refractivity contribution in [3.8, 4) is 12.3 Å². The quantitative estimate of drug-likeness (QED) is 0.339. The summed E-state index contributed by atoms with van der Waals surface area (Å²) in [6.07, 6.45) is 6.03. The Hall–Kier alpha value is -1.000. The minimum absolute atomic E-state index is 0. The van der Waals surface area contributed by atoms with Crippen LogP contribution in [0, 0.1) is 18.2 Å². The molecule has 2 atom stereocenters. The molecule has 0 spiro atoms. The molecule has 0 aromatic heterocycles. The maximum Gasteiger partial charge on any atom is 0.192 e. The standard InChI is InChI=1S/C15H17ClFN3.HI/c1-3-8-19-15(18-4-2)20-13-9-10(13)14-11(16)6-5-7-12(14)17;/h1,5-7,10,13H,4,8-9H2,2H3,(H2,18,19,20);1H. The molecule has 0 saturated heterocycles. The molecule has 0 aliphatic heterocycles. The number of nitrogens with one attached hydrogen (secondary N) is 2. The summed E-state index contributed by atoms with van der Waals surface area (Å²) in [5.41, 5.74) is 0.583. The molecule has 1 saturated carbocycles. The van der Waals surface area contributed by atoms with Crippen LogP contribution >= 0.6 is 35.6 Å². The van der Waals surface area contributed by atoms with E-state index in [1.807, 2.05) is 6.92 Å². The van der Waals surface area contributed by atoms with Gasteiger partial charge in [0.2, 0.25) is 0 Å². The first-order chi connectivity index (χ1) is 9.67. The van der Waals surface area contributed by atoms with Gasteiger partial charge in [0.25, 0.3) is 0 Å². The van der Waals surface area contributed by atoms with E-state index in [2.05, 4.69) is 21.5 Å². The fourth-order valence-corrected chi connectivity index (χ4v) is 2.46. The Kier molecular flexibility index (Phi) is 7.26. The third kappa shape index (κ3) is 4.75. The Morgan fingerprint density at radius 2 is 2.33 bits per heavy atom. The predicted octanol–water partition coefficient (Wildman–Crippen LogP) is 3.14. The van der Waals surface area contributed by atoms with E-state index in [1.165, 1.54) is 6.07 Å². The second-order valence-electron chi connectivity index (χ2n) is 4.63. The van der Waals surface area contributed by atoms with Crippen molar-refractivity contribution in [1.82, 2.24) is 10.6 Å². The summed E-state index contributed by atoms with van der Waals surface area (Å²) in [7, 11) is 0. The van der Waals surface area contributed by atoms with Crippen molar-refractivity contribution in [1.29, 1.82) is 0 Å². The van der Waals surface area contributed by atoms with Gasteiger partial charge in [0, 0.05) is 29.1 Å². The number of halogens is 3. The number of terminal acetylenes is 1. The van der Waals surface area contributed by atoms with E-state index in [0.29, 0.717) is 23.1 Å². The van der Waals surface area contributed by atoms with E-state index < -0.39 is 0 Å². The van der Waals surface area contributed by atoms with Gasteiger partial charge in [-0.15, -0.1) is 30.4 Å². The van der Waals surface area contributed by atoms with E-state index in [9.17, 15) is 4.39 Å². The first-order valence-corrected chi connectivity index (χ1v) is 6.97. The molecular formula is C15H18ClFIN3. The zero-order valence-corrected chi connectivity index (χ0v) is 14.8. The van der Waals surface area contributed by atoms with Gasteiger partial charge in [0.15, 0.2) is 5.96 Å². The summed E-state index contributed by atoms with van der Waals surface area (Å²) < 4.78 is 13.8. The molecule has 1 aromatic carbocycles. The molecule has 1 fully saturated rings.